The number of carbonyl (C=O) groups is 2. The van der Waals surface area contributed by atoms with Crippen molar-refractivity contribution in [3.05, 3.63) is 11.3 Å². The van der Waals surface area contributed by atoms with Crippen LogP contribution in [0.15, 0.2) is 11.3 Å². The topological polar surface area (TPSA) is 93.1 Å². The van der Waals surface area contributed by atoms with Crippen molar-refractivity contribution in [1.29, 1.82) is 0 Å². The fourth-order valence-corrected chi connectivity index (χ4v) is 1.27. The summed E-state index contributed by atoms with van der Waals surface area (Å²) in [4.78, 5) is 22.8. The van der Waals surface area contributed by atoms with Crippen molar-refractivity contribution in [3.63, 3.8) is 0 Å². The molecule has 1 atom stereocenters. The summed E-state index contributed by atoms with van der Waals surface area (Å²) < 4.78 is 9.56. The monoisotopic (exact) mass is 230 g/mol. The third-order valence-electron chi connectivity index (χ3n) is 1.86. The molecule has 1 heterocycles. The van der Waals surface area contributed by atoms with Gasteiger partial charge in [0.15, 0.2) is 5.57 Å². The van der Waals surface area contributed by atoms with Crippen molar-refractivity contribution in [2.75, 3.05) is 0 Å². The lowest BCUT2D eigenvalue weighted by atomic mass is 10.1. The van der Waals surface area contributed by atoms with Crippen molar-refractivity contribution in [2.45, 2.75) is 39.1 Å². The average molecular weight is 230 g/mol. The SMILES string of the molecule is CC(O)CC(O)=C1C(=O)OC(C)(C)OC1=O. The zero-order valence-corrected chi connectivity index (χ0v) is 9.31. The Balaban J connectivity index is 2.98. The highest BCUT2D eigenvalue weighted by Crippen LogP contribution is 2.25. The molecule has 0 amide bonds. The largest absolute Gasteiger partial charge is 0.511 e. The van der Waals surface area contributed by atoms with Gasteiger partial charge in [0.1, 0.15) is 5.76 Å². The van der Waals surface area contributed by atoms with Gasteiger partial charge in [-0.3, -0.25) is 0 Å². The second-order valence-corrected chi connectivity index (χ2v) is 4.05. The first-order chi connectivity index (χ1) is 7.23. The van der Waals surface area contributed by atoms with Crippen LogP contribution in [0.2, 0.25) is 0 Å². The molecule has 1 aliphatic rings. The Morgan fingerprint density at radius 1 is 1.31 bits per heavy atom. The summed E-state index contributed by atoms with van der Waals surface area (Å²) in [5.41, 5.74) is -0.555. The summed E-state index contributed by atoms with van der Waals surface area (Å²) in [5.74, 6) is -3.75. The fraction of sp³-hybridized carbons (Fsp3) is 0.600. The number of ether oxygens (including phenoxy) is 2. The second-order valence-electron chi connectivity index (χ2n) is 4.05. The lowest BCUT2D eigenvalue weighted by Gasteiger charge is -2.30. The van der Waals surface area contributed by atoms with Crippen LogP contribution in [0.25, 0.3) is 0 Å². The van der Waals surface area contributed by atoms with Gasteiger partial charge in [0, 0.05) is 20.3 Å². The lowest BCUT2D eigenvalue weighted by molar-refractivity contribution is -0.222. The fourth-order valence-electron chi connectivity index (χ4n) is 1.27. The number of aliphatic hydroxyl groups excluding tert-OH is 2. The second kappa shape index (κ2) is 4.13. The van der Waals surface area contributed by atoms with Crippen molar-refractivity contribution in [2.24, 2.45) is 0 Å². The summed E-state index contributed by atoms with van der Waals surface area (Å²) in [5, 5.41) is 18.5. The minimum atomic E-state index is -1.33. The molecular formula is C10H14O6. The van der Waals surface area contributed by atoms with E-state index in [-0.39, 0.29) is 6.42 Å². The molecule has 0 radical (unpaired) electrons. The van der Waals surface area contributed by atoms with Crippen LogP contribution >= 0.6 is 0 Å². The molecule has 6 nitrogen and oxygen atoms in total. The van der Waals surface area contributed by atoms with Gasteiger partial charge in [-0.1, -0.05) is 0 Å². The molecule has 0 spiro atoms. The molecule has 0 aromatic rings. The van der Waals surface area contributed by atoms with Gasteiger partial charge in [-0.05, 0) is 6.92 Å². The molecular weight excluding hydrogens is 216 g/mol. The Hall–Kier alpha value is -1.56. The van der Waals surface area contributed by atoms with E-state index in [1.165, 1.54) is 20.8 Å². The number of esters is 2. The molecule has 0 aromatic carbocycles. The maximum Gasteiger partial charge on any atom is 0.352 e. The van der Waals surface area contributed by atoms with Gasteiger partial charge < -0.3 is 19.7 Å². The van der Waals surface area contributed by atoms with Crippen LogP contribution in [0, 0.1) is 0 Å². The number of hydrogen-bond donors (Lipinski definition) is 2. The first kappa shape index (κ1) is 12.5. The zero-order valence-electron chi connectivity index (χ0n) is 9.31. The molecule has 1 rings (SSSR count). The number of cyclic esters (lactones) is 2. The molecule has 0 aromatic heterocycles. The highest BCUT2D eigenvalue weighted by molar-refractivity contribution is 6.15. The van der Waals surface area contributed by atoms with E-state index in [1.807, 2.05) is 0 Å². The first-order valence-corrected chi connectivity index (χ1v) is 4.80. The maximum absolute atomic E-state index is 11.4. The Bertz CT molecular complexity index is 330. The Morgan fingerprint density at radius 2 is 1.75 bits per heavy atom. The van der Waals surface area contributed by atoms with Gasteiger partial charge in [0.25, 0.3) is 5.79 Å². The van der Waals surface area contributed by atoms with E-state index in [2.05, 4.69) is 0 Å². The van der Waals surface area contributed by atoms with Gasteiger partial charge in [0.05, 0.1) is 6.10 Å². The number of aliphatic hydroxyl groups is 2. The normalized spacial score (nSPS) is 21.1. The van der Waals surface area contributed by atoms with E-state index in [1.54, 1.807) is 0 Å². The Morgan fingerprint density at radius 3 is 2.12 bits per heavy atom. The number of rotatable bonds is 2. The molecule has 2 N–H and O–H groups in total. The van der Waals surface area contributed by atoms with Crippen molar-refractivity contribution < 1.29 is 29.3 Å². The minimum absolute atomic E-state index is 0.208. The predicted molar refractivity (Wildman–Crippen MR) is 52.2 cm³/mol. The van der Waals surface area contributed by atoms with Gasteiger partial charge in [0.2, 0.25) is 0 Å². The number of carbonyl (C=O) groups excluding carboxylic acids is 2. The summed E-state index contributed by atoms with van der Waals surface area (Å²) in [6.45, 7) is 4.23. The summed E-state index contributed by atoms with van der Waals surface area (Å²) in [7, 11) is 0. The van der Waals surface area contributed by atoms with Crippen LogP contribution in [-0.2, 0) is 19.1 Å². The van der Waals surface area contributed by atoms with E-state index in [0.29, 0.717) is 0 Å². The lowest BCUT2D eigenvalue weighted by Crippen LogP contribution is -2.42. The van der Waals surface area contributed by atoms with E-state index >= 15 is 0 Å². The zero-order chi connectivity index (χ0) is 12.5. The standard InChI is InChI=1S/C10H14O6/c1-5(11)4-6(12)7-8(13)15-10(2,3)16-9(7)14/h5,11-12H,4H2,1-3H3. The predicted octanol–water partition coefficient (Wildman–Crippen LogP) is 0.405. The third kappa shape index (κ3) is 2.73. The van der Waals surface area contributed by atoms with E-state index < -0.39 is 35.2 Å². The van der Waals surface area contributed by atoms with Crippen molar-refractivity contribution in [3.8, 4) is 0 Å². The first-order valence-electron chi connectivity index (χ1n) is 4.80. The van der Waals surface area contributed by atoms with Crippen LogP contribution in [0.5, 0.6) is 0 Å². The molecule has 1 saturated heterocycles. The highest BCUT2D eigenvalue weighted by atomic mass is 16.7. The van der Waals surface area contributed by atoms with E-state index in [4.69, 9.17) is 14.6 Å². The molecule has 0 bridgehead atoms. The van der Waals surface area contributed by atoms with Gasteiger partial charge >= 0.3 is 11.9 Å². The summed E-state index contributed by atoms with van der Waals surface area (Å²) in [6, 6.07) is 0. The molecule has 0 aliphatic carbocycles. The molecule has 1 fully saturated rings. The third-order valence-corrected chi connectivity index (χ3v) is 1.86. The van der Waals surface area contributed by atoms with Crippen LogP contribution < -0.4 is 0 Å². The van der Waals surface area contributed by atoms with Crippen LogP contribution in [0.1, 0.15) is 27.2 Å². The Kier molecular flexibility index (Phi) is 3.23. The molecule has 0 saturated carbocycles. The van der Waals surface area contributed by atoms with Crippen molar-refractivity contribution in [1.82, 2.24) is 0 Å². The maximum atomic E-state index is 11.4. The molecule has 1 unspecified atom stereocenters. The van der Waals surface area contributed by atoms with E-state index in [9.17, 15) is 14.7 Å². The van der Waals surface area contributed by atoms with Crippen LogP contribution in [-0.4, -0.2) is 34.0 Å². The number of hydrogen-bond acceptors (Lipinski definition) is 6. The van der Waals surface area contributed by atoms with Gasteiger partial charge in [-0.2, -0.15) is 0 Å². The van der Waals surface area contributed by atoms with E-state index in [0.717, 1.165) is 0 Å². The molecule has 16 heavy (non-hydrogen) atoms. The smallest absolute Gasteiger partial charge is 0.352 e. The molecule has 6 heteroatoms. The van der Waals surface area contributed by atoms with Gasteiger partial charge in [-0.15, -0.1) is 0 Å². The van der Waals surface area contributed by atoms with Crippen LogP contribution in [0.3, 0.4) is 0 Å². The molecule has 1 aliphatic heterocycles. The highest BCUT2D eigenvalue weighted by Gasteiger charge is 2.41. The summed E-state index contributed by atoms with van der Waals surface area (Å²) >= 11 is 0. The molecule has 90 valence electrons. The van der Waals surface area contributed by atoms with Crippen molar-refractivity contribution >= 4 is 11.9 Å². The average Bonchev–Trinajstić information content (AvgIpc) is 1.96. The quantitative estimate of drug-likeness (QED) is 0.309. The minimum Gasteiger partial charge on any atom is -0.511 e. The summed E-state index contributed by atoms with van der Waals surface area (Å²) in [6.07, 6.45) is -1.08. The Labute approximate surface area is 92.5 Å². The van der Waals surface area contributed by atoms with Crippen LogP contribution in [0.4, 0.5) is 0 Å². The van der Waals surface area contributed by atoms with Gasteiger partial charge in [-0.25, -0.2) is 9.59 Å².